The normalized spacial score (nSPS) is 13.5. The highest BCUT2D eigenvalue weighted by atomic mass is 15.1. The lowest BCUT2D eigenvalue weighted by molar-refractivity contribution is 0.590. The Bertz CT molecular complexity index is 3340. The summed E-state index contributed by atoms with van der Waals surface area (Å²) in [6, 6.07) is 62.0. The fourth-order valence-electron chi connectivity index (χ4n) is 11.2. The molecule has 0 spiro atoms. The average Bonchev–Trinajstić information content (AvgIpc) is 3.78. The third-order valence-electron chi connectivity index (χ3n) is 14.9. The van der Waals surface area contributed by atoms with E-state index in [4.69, 9.17) is 0 Å². The fraction of sp³-hybridized carbons (Fsp3) is 0.250. The summed E-state index contributed by atoms with van der Waals surface area (Å²) < 4.78 is 2.60. The number of nitrogens with one attached hydrogen (secondary N) is 1. The van der Waals surface area contributed by atoms with E-state index in [-0.39, 0.29) is 16.2 Å². The Morgan fingerprint density at radius 1 is 0.588 bits per heavy atom. The van der Waals surface area contributed by atoms with Crippen LogP contribution in [0.2, 0.25) is 0 Å². The van der Waals surface area contributed by atoms with E-state index in [1.165, 1.54) is 108 Å². The van der Waals surface area contributed by atoms with Crippen molar-refractivity contribution in [3.63, 3.8) is 0 Å². The Morgan fingerprint density at radius 3 is 1.93 bits per heavy atom. The third kappa shape index (κ3) is 7.35. The Balaban J connectivity index is 1.28. The molecule has 1 aromatic heterocycles. The van der Waals surface area contributed by atoms with Crippen LogP contribution in [0.15, 0.2) is 164 Å². The van der Waals surface area contributed by atoms with Crippen molar-refractivity contribution in [2.24, 2.45) is 0 Å². The van der Waals surface area contributed by atoms with Gasteiger partial charge in [-0.25, -0.2) is 0 Å². The van der Waals surface area contributed by atoms with Crippen molar-refractivity contribution < 1.29 is 0 Å². The number of anilines is 5. The van der Waals surface area contributed by atoms with Gasteiger partial charge in [-0.15, -0.1) is 0 Å². The number of aromatic nitrogens is 1. The smallest absolute Gasteiger partial charge is 0.197 e. The molecule has 1 aliphatic heterocycles. The van der Waals surface area contributed by atoms with Gasteiger partial charge in [-0.1, -0.05) is 172 Å². The first-order chi connectivity index (χ1) is 32.7. The van der Waals surface area contributed by atoms with Crippen LogP contribution in [0, 0.1) is 0 Å². The second-order valence-electron chi connectivity index (χ2n) is 22.0. The zero-order chi connectivity index (χ0) is 47.1. The molecule has 68 heavy (non-hydrogen) atoms. The number of fused-ring (bicyclic) bond motifs is 8. The highest BCUT2D eigenvalue weighted by Crippen LogP contribution is 2.53. The number of aryl methyl sites for hydroxylation is 1. The van der Waals surface area contributed by atoms with E-state index >= 15 is 0 Å². The molecule has 9 aromatic rings. The zero-order valence-corrected chi connectivity index (χ0v) is 41.4. The summed E-state index contributed by atoms with van der Waals surface area (Å²) in [5.41, 5.74) is 23.4. The third-order valence-corrected chi connectivity index (χ3v) is 14.9. The molecule has 11 rings (SSSR count). The molecule has 0 fully saturated rings. The maximum absolute atomic E-state index is 4.05. The van der Waals surface area contributed by atoms with Crippen LogP contribution >= 0.6 is 0 Å². The van der Waals surface area contributed by atoms with E-state index in [0.717, 1.165) is 34.9 Å². The Kier molecular flexibility index (Phi) is 10.6. The van der Waals surface area contributed by atoms with E-state index in [1.54, 1.807) is 0 Å². The van der Waals surface area contributed by atoms with Gasteiger partial charge in [0.05, 0.1) is 16.7 Å². The van der Waals surface area contributed by atoms with Crippen LogP contribution in [-0.4, -0.2) is 11.8 Å². The molecule has 0 unspecified atom stereocenters. The first-order valence-corrected chi connectivity index (χ1v) is 24.9. The SMILES string of the molecule is CCCCCc1ccc2c(c1)[B]c1c(-c3cc4c(cc3Nc3ccc(C(C)(C)C)cc3)-c3ccccc3C4(C)C)cc(N(c3ccccc3)c3ccccc3)c3c4cc(C(C)(C)C)ccc4n-2c13. The minimum absolute atomic E-state index is 0.0395. The second-order valence-corrected chi connectivity index (χ2v) is 22.0. The van der Waals surface area contributed by atoms with E-state index in [1.807, 2.05) is 0 Å². The monoisotopic (exact) mass is 885 g/mol. The van der Waals surface area contributed by atoms with Crippen LogP contribution in [0.1, 0.15) is 109 Å². The minimum Gasteiger partial charge on any atom is -0.355 e. The number of rotatable bonds is 10. The van der Waals surface area contributed by atoms with Crippen molar-refractivity contribution in [3.05, 3.63) is 192 Å². The largest absolute Gasteiger partial charge is 0.355 e. The molecule has 337 valence electrons. The van der Waals surface area contributed by atoms with Gasteiger partial charge in [-0.3, -0.25) is 0 Å². The van der Waals surface area contributed by atoms with Crippen molar-refractivity contribution in [1.82, 2.24) is 4.57 Å². The summed E-state index contributed by atoms with van der Waals surface area (Å²) in [5, 5.41) is 6.58. The molecule has 2 heterocycles. The zero-order valence-electron chi connectivity index (χ0n) is 41.4. The summed E-state index contributed by atoms with van der Waals surface area (Å²) in [6.45, 7) is 20.9. The number of nitrogens with zero attached hydrogens (tertiary/aromatic N) is 2. The van der Waals surface area contributed by atoms with Crippen molar-refractivity contribution in [2.75, 3.05) is 10.2 Å². The van der Waals surface area contributed by atoms with Crippen LogP contribution in [-0.2, 0) is 22.7 Å². The maximum atomic E-state index is 4.05. The van der Waals surface area contributed by atoms with Crippen molar-refractivity contribution in [3.8, 4) is 27.9 Å². The van der Waals surface area contributed by atoms with Gasteiger partial charge in [-0.2, -0.15) is 0 Å². The maximum Gasteiger partial charge on any atom is 0.197 e. The predicted molar refractivity (Wildman–Crippen MR) is 294 cm³/mol. The van der Waals surface area contributed by atoms with E-state index in [0.29, 0.717) is 0 Å². The first kappa shape index (κ1) is 43.8. The molecule has 0 saturated heterocycles. The van der Waals surface area contributed by atoms with Crippen molar-refractivity contribution in [2.45, 2.75) is 104 Å². The Hall–Kier alpha value is -6.78. The molecule has 1 aliphatic carbocycles. The van der Waals surface area contributed by atoms with Crippen LogP contribution in [0.4, 0.5) is 28.4 Å². The molecule has 0 saturated carbocycles. The van der Waals surface area contributed by atoms with Crippen molar-refractivity contribution in [1.29, 1.82) is 0 Å². The van der Waals surface area contributed by atoms with Crippen LogP contribution in [0.3, 0.4) is 0 Å². The Morgan fingerprint density at radius 2 is 1.25 bits per heavy atom. The standard InChI is InChI=1S/C64H63BN3/c1-10-11-14-21-41-28-34-57-54(36-41)65-60-50(49-38-53-48(47-26-19-20-27-52(47)64(53,8)9)39-55(49)66-44-32-29-42(30-33-44)62(2,3)4)40-58(67(45-22-15-12-16-23-45)46-24-17-13-18-25-46)59-51-37-43(63(5,6)7)31-35-56(51)68(57)61(59)60/h12-13,15-20,22-40,66H,10-11,14,21H2,1-9H3. The summed E-state index contributed by atoms with van der Waals surface area (Å²) >= 11 is 0. The molecule has 0 atom stereocenters. The number of unbranched alkanes of at least 4 members (excludes halogenated alkanes) is 2. The summed E-state index contributed by atoms with van der Waals surface area (Å²) in [4.78, 5) is 2.49. The van der Waals surface area contributed by atoms with Gasteiger partial charge in [0.15, 0.2) is 7.28 Å². The van der Waals surface area contributed by atoms with Gasteiger partial charge in [0.2, 0.25) is 0 Å². The van der Waals surface area contributed by atoms with E-state index in [2.05, 4.69) is 248 Å². The molecule has 8 aromatic carbocycles. The van der Waals surface area contributed by atoms with Gasteiger partial charge in [0.25, 0.3) is 0 Å². The lowest BCUT2D eigenvalue weighted by Gasteiger charge is -2.31. The highest BCUT2D eigenvalue weighted by Gasteiger charge is 2.38. The summed E-state index contributed by atoms with van der Waals surface area (Å²) in [7, 11) is 2.52. The number of benzene rings is 8. The molecular weight excluding hydrogens is 822 g/mol. The molecule has 0 bridgehead atoms. The number of hydrogen-bond acceptors (Lipinski definition) is 2. The van der Waals surface area contributed by atoms with Crippen LogP contribution < -0.4 is 21.1 Å². The topological polar surface area (TPSA) is 20.2 Å². The molecule has 0 amide bonds. The minimum atomic E-state index is -0.195. The predicted octanol–water partition coefficient (Wildman–Crippen LogP) is 16.3. The van der Waals surface area contributed by atoms with Crippen LogP contribution in [0.5, 0.6) is 0 Å². The van der Waals surface area contributed by atoms with Crippen LogP contribution in [0.25, 0.3) is 49.7 Å². The first-order valence-electron chi connectivity index (χ1n) is 24.9. The van der Waals surface area contributed by atoms with Gasteiger partial charge in [-0.05, 0) is 146 Å². The number of para-hydroxylation sites is 2. The fourth-order valence-corrected chi connectivity index (χ4v) is 11.2. The number of hydrogen-bond donors (Lipinski definition) is 1. The van der Waals surface area contributed by atoms with E-state index < -0.39 is 0 Å². The highest BCUT2D eigenvalue weighted by molar-refractivity contribution is 6.73. The molecule has 4 heteroatoms. The van der Waals surface area contributed by atoms with Crippen molar-refractivity contribution >= 4 is 68.4 Å². The molecule has 1 N–H and O–H groups in total. The van der Waals surface area contributed by atoms with Gasteiger partial charge in [0.1, 0.15) is 0 Å². The lowest BCUT2D eigenvalue weighted by atomic mass is 9.58. The van der Waals surface area contributed by atoms with E-state index in [9.17, 15) is 0 Å². The summed E-state index contributed by atoms with van der Waals surface area (Å²) in [6.07, 6.45) is 4.72. The molecular formula is C64H63BN3. The Labute approximate surface area is 405 Å². The second kappa shape index (κ2) is 16.5. The van der Waals surface area contributed by atoms with Gasteiger partial charge >= 0.3 is 0 Å². The average molecular weight is 885 g/mol. The molecule has 3 nitrogen and oxygen atoms in total. The lowest BCUT2D eigenvalue weighted by Crippen LogP contribution is -2.38. The molecule has 2 aliphatic rings. The van der Waals surface area contributed by atoms with Gasteiger partial charge in [0, 0.05) is 50.2 Å². The molecule has 1 radical (unpaired) electrons. The quantitative estimate of drug-likeness (QED) is 0.109. The van der Waals surface area contributed by atoms with Gasteiger partial charge < -0.3 is 14.8 Å². The summed E-state index contributed by atoms with van der Waals surface area (Å²) in [5.74, 6) is 0.